The molecule has 0 fully saturated rings. The van der Waals surface area contributed by atoms with Crippen LogP contribution in [-0.4, -0.2) is 22.9 Å². The fourth-order valence-electron chi connectivity index (χ4n) is 3.97. The van der Waals surface area contributed by atoms with Crippen molar-refractivity contribution in [1.29, 1.82) is 0 Å². The van der Waals surface area contributed by atoms with Crippen molar-refractivity contribution in [3.63, 3.8) is 0 Å². The Morgan fingerprint density at radius 1 is 0.895 bits per heavy atom. The van der Waals surface area contributed by atoms with E-state index in [0.29, 0.717) is 39.0 Å². The number of benzene rings is 4. The first kappa shape index (κ1) is 26.0. The van der Waals surface area contributed by atoms with E-state index in [0.717, 1.165) is 0 Å². The molecule has 0 aromatic heterocycles. The highest BCUT2D eigenvalue weighted by atomic mass is 16.6. The van der Waals surface area contributed by atoms with Crippen LogP contribution in [0.2, 0.25) is 0 Å². The number of carbonyl (C=O) groups excluding carboxylic acids is 3. The van der Waals surface area contributed by atoms with Gasteiger partial charge in [-0.3, -0.25) is 14.9 Å². The number of carbonyl (C=O) groups is 3. The zero-order chi connectivity index (χ0) is 27.1. The summed E-state index contributed by atoms with van der Waals surface area (Å²) in [5.74, 6) is -0.357. The minimum absolute atomic E-state index is 0.0795. The molecule has 4 aromatic rings. The van der Waals surface area contributed by atoms with Crippen LogP contribution in [0.5, 0.6) is 5.75 Å². The predicted molar refractivity (Wildman–Crippen MR) is 148 cm³/mol. The summed E-state index contributed by atoms with van der Waals surface area (Å²) in [5, 5.41) is 17.0. The molecule has 38 heavy (non-hydrogen) atoms. The number of nitrogens with one attached hydrogen (secondary N) is 2. The first-order chi connectivity index (χ1) is 18.3. The molecule has 0 bridgehead atoms. The molecule has 0 saturated carbocycles. The third-order valence-electron chi connectivity index (χ3n) is 5.91. The monoisotopic (exact) mass is 509 g/mol. The lowest BCUT2D eigenvalue weighted by atomic mass is 9.97. The summed E-state index contributed by atoms with van der Waals surface area (Å²) in [6.45, 7) is 1.46. The molecule has 0 aliphatic carbocycles. The van der Waals surface area contributed by atoms with Crippen LogP contribution in [0.25, 0.3) is 10.8 Å². The van der Waals surface area contributed by atoms with Crippen molar-refractivity contribution < 1.29 is 24.2 Å². The van der Waals surface area contributed by atoms with Gasteiger partial charge < -0.3 is 20.9 Å². The fraction of sp³-hybridized carbons (Fsp3) is 0.100. The number of ether oxygens (including phenoxy) is 1. The molecule has 0 radical (unpaired) electrons. The van der Waals surface area contributed by atoms with Crippen LogP contribution in [0.3, 0.4) is 0 Å². The van der Waals surface area contributed by atoms with E-state index in [4.69, 9.17) is 10.5 Å². The molecule has 0 unspecified atom stereocenters. The Kier molecular flexibility index (Phi) is 8.03. The second-order valence-electron chi connectivity index (χ2n) is 8.59. The highest BCUT2D eigenvalue weighted by Crippen LogP contribution is 2.34. The van der Waals surface area contributed by atoms with Gasteiger partial charge in [0.15, 0.2) is 5.78 Å². The highest BCUT2D eigenvalue weighted by molar-refractivity contribution is 6.01. The van der Waals surface area contributed by atoms with Crippen LogP contribution in [0.1, 0.15) is 35.4 Å². The van der Waals surface area contributed by atoms with Crippen molar-refractivity contribution in [3.8, 4) is 5.75 Å². The van der Waals surface area contributed by atoms with Gasteiger partial charge in [0.2, 0.25) is 5.91 Å². The Bertz CT molecular complexity index is 1510. The largest absolute Gasteiger partial charge is 0.507 e. The van der Waals surface area contributed by atoms with Gasteiger partial charge in [0, 0.05) is 28.6 Å². The maximum atomic E-state index is 12.8. The summed E-state index contributed by atoms with van der Waals surface area (Å²) < 4.78 is 5.78. The van der Waals surface area contributed by atoms with Gasteiger partial charge in [0.05, 0.1) is 11.4 Å². The summed E-state index contributed by atoms with van der Waals surface area (Å²) in [6, 6.07) is 23.8. The number of hydrogen-bond donors (Lipinski definition) is 4. The number of nitrogen functional groups attached to an aromatic ring is 1. The van der Waals surface area contributed by atoms with E-state index < -0.39 is 12.2 Å². The number of phenolic OH excluding ortho intramolecular Hbond substituents is 1. The van der Waals surface area contributed by atoms with Crippen LogP contribution in [0, 0.1) is 0 Å². The third-order valence-corrected chi connectivity index (χ3v) is 5.91. The summed E-state index contributed by atoms with van der Waals surface area (Å²) in [4.78, 5) is 36.8. The average Bonchev–Trinajstić information content (AvgIpc) is 2.90. The molecule has 192 valence electrons. The summed E-state index contributed by atoms with van der Waals surface area (Å²) >= 11 is 0. The van der Waals surface area contributed by atoms with Gasteiger partial charge in [0.25, 0.3) is 0 Å². The van der Waals surface area contributed by atoms with Gasteiger partial charge in [-0.15, -0.1) is 0 Å². The van der Waals surface area contributed by atoms with Crippen molar-refractivity contribution >= 4 is 45.6 Å². The minimum Gasteiger partial charge on any atom is -0.507 e. The molecule has 0 saturated heterocycles. The van der Waals surface area contributed by atoms with E-state index in [2.05, 4.69) is 10.6 Å². The average molecular weight is 510 g/mol. The molecule has 0 heterocycles. The van der Waals surface area contributed by atoms with Crippen molar-refractivity contribution in [2.45, 2.75) is 19.4 Å². The van der Waals surface area contributed by atoms with Crippen molar-refractivity contribution in [3.05, 3.63) is 108 Å². The van der Waals surface area contributed by atoms with Crippen molar-refractivity contribution in [2.24, 2.45) is 0 Å². The molecular weight excluding hydrogens is 482 g/mol. The lowest BCUT2D eigenvalue weighted by molar-refractivity contribution is -0.111. The smallest absolute Gasteiger partial charge is 0.412 e. The molecule has 8 heteroatoms. The second-order valence-corrected chi connectivity index (χ2v) is 8.59. The molecule has 4 rings (SSSR count). The Hall–Kier alpha value is -5.11. The van der Waals surface area contributed by atoms with E-state index in [1.807, 2.05) is 12.1 Å². The number of para-hydroxylation sites is 2. The Balaban J connectivity index is 1.54. The van der Waals surface area contributed by atoms with E-state index >= 15 is 0 Å². The van der Waals surface area contributed by atoms with Crippen molar-refractivity contribution in [2.75, 3.05) is 16.4 Å². The number of phenols is 1. The van der Waals surface area contributed by atoms with Crippen LogP contribution < -0.4 is 16.4 Å². The predicted octanol–water partition coefficient (Wildman–Crippen LogP) is 6.21. The minimum atomic E-state index is -0.775. The van der Waals surface area contributed by atoms with Crippen LogP contribution in [-0.2, 0) is 9.53 Å². The number of aromatic hydroxyl groups is 1. The highest BCUT2D eigenvalue weighted by Gasteiger charge is 2.20. The van der Waals surface area contributed by atoms with Gasteiger partial charge in [0.1, 0.15) is 11.9 Å². The summed E-state index contributed by atoms with van der Waals surface area (Å²) in [5.41, 5.74) is 8.48. The standard InChI is InChI=1S/C30H27N3O5/c1-19(34)20-13-15-21(16-14-20)32-30(37)38-28(24-17-18-27(35)23-8-3-2-7-22(23)24)11-6-12-29(36)33-26-10-5-4-9-25(26)31/h2-10,12-18,28,35H,11,31H2,1H3,(H,32,37)(H,33,36)/b12-6+/t28-/m1/s1. The Labute approximate surface area is 219 Å². The van der Waals surface area contributed by atoms with E-state index in [1.165, 1.54) is 13.0 Å². The van der Waals surface area contributed by atoms with Gasteiger partial charge in [-0.2, -0.15) is 0 Å². The molecule has 5 N–H and O–H groups in total. The first-order valence-corrected chi connectivity index (χ1v) is 11.9. The number of rotatable bonds is 8. The number of fused-ring (bicyclic) bond motifs is 1. The number of anilines is 3. The molecule has 4 aromatic carbocycles. The van der Waals surface area contributed by atoms with Gasteiger partial charge in [-0.25, -0.2) is 4.79 Å². The van der Waals surface area contributed by atoms with Crippen LogP contribution in [0.4, 0.5) is 21.9 Å². The quantitative estimate of drug-likeness (QED) is 0.127. The second kappa shape index (κ2) is 11.7. The number of nitrogens with two attached hydrogens (primary N) is 1. The number of ketones is 1. The number of Topliss-reactive ketones (excluding diaryl/α,β-unsaturated/α-hetero) is 1. The van der Waals surface area contributed by atoms with E-state index in [9.17, 15) is 19.5 Å². The molecule has 8 nitrogen and oxygen atoms in total. The van der Waals surface area contributed by atoms with E-state index in [-0.39, 0.29) is 23.9 Å². The number of amides is 2. The third kappa shape index (κ3) is 6.36. The molecule has 0 aliphatic heterocycles. The fourth-order valence-corrected chi connectivity index (χ4v) is 3.97. The first-order valence-electron chi connectivity index (χ1n) is 11.9. The topological polar surface area (TPSA) is 131 Å². The van der Waals surface area contributed by atoms with Gasteiger partial charge in [-0.05, 0) is 60.9 Å². The summed E-state index contributed by atoms with van der Waals surface area (Å²) in [6.07, 6.45) is 1.66. The SMILES string of the molecule is CC(=O)c1ccc(NC(=O)O[C@H](C/C=C/C(=O)Nc2ccccc2N)c2ccc(O)c3ccccc23)cc1. The summed E-state index contributed by atoms with van der Waals surface area (Å²) in [7, 11) is 0. The maximum Gasteiger partial charge on any atom is 0.412 e. The lowest BCUT2D eigenvalue weighted by Crippen LogP contribution is -2.18. The number of hydrogen-bond acceptors (Lipinski definition) is 6. The van der Waals surface area contributed by atoms with Crippen LogP contribution >= 0.6 is 0 Å². The molecule has 1 atom stereocenters. The normalized spacial score (nSPS) is 11.7. The van der Waals surface area contributed by atoms with Crippen LogP contribution in [0.15, 0.2) is 97.1 Å². The molecular formula is C30H27N3O5. The van der Waals surface area contributed by atoms with Gasteiger partial charge >= 0.3 is 6.09 Å². The van der Waals surface area contributed by atoms with E-state index in [1.54, 1.807) is 78.9 Å². The zero-order valence-electron chi connectivity index (χ0n) is 20.7. The van der Waals surface area contributed by atoms with Gasteiger partial charge in [-0.1, -0.05) is 48.5 Å². The lowest BCUT2D eigenvalue weighted by Gasteiger charge is -2.20. The Morgan fingerprint density at radius 3 is 2.29 bits per heavy atom. The molecule has 2 amide bonds. The zero-order valence-corrected chi connectivity index (χ0v) is 20.7. The Morgan fingerprint density at radius 2 is 1.58 bits per heavy atom. The maximum absolute atomic E-state index is 12.8. The molecule has 0 aliphatic rings. The van der Waals surface area contributed by atoms with Crippen molar-refractivity contribution in [1.82, 2.24) is 0 Å². The molecule has 0 spiro atoms.